The highest BCUT2D eigenvalue weighted by molar-refractivity contribution is 9.10. The number of hydrogen-bond acceptors (Lipinski definition) is 4. The lowest BCUT2D eigenvalue weighted by Crippen LogP contribution is -2.27. The average molecular weight is 348 g/mol. The number of rotatable bonds is 3. The molecule has 1 aromatic carbocycles. The van der Waals surface area contributed by atoms with Crippen molar-refractivity contribution in [3.63, 3.8) is 0 Å². The van der Waals surface area contributed by atoms with E-state index in [-0.39, 0.29) is 12.1 Å². The zero-order valence-electron chi connectivity index (χ0n) is 10.8. The van der Waals surface area contributed by atoms with Crippen LogP contribution in [0, 0.1) is 0 Å². The van der Waals surface area contributed by atoms with E-state index in [1.165, 1.54) is 12.3 Å². The van der Waals surface area contributed by atoms with E-state index in [4.69, 9.17) is 8.83 Å². The lowest BCUT2D eigenvalue weighted by molar-refractivity contribution is 0.0944. The van der Waals surface area contributed by atoms with Gasteiger partial charge >= 0.3 is 5.63 Å². The van der Waals surface area contributed by atoms with Crippen molar-refractivity contribution in [1.29, 1.82) is 0 Å². The first kappa shape index (κ1) is 13.6. The van der Waals surface area contributed by atoms with Crippen LogP contribution in [0.1, 0.15) is 16.1 Å². The van der Waals surface area contributed by atoms with Crippen LogP contribution in [-0.4, -0.2) is 5.91 Å². The number of nitrogens with one attached hydrogen (secondary N) is 1. The second kappa shape index (κ2) is 5.57. The fourth-order valence-corrected chi connectivity index (χ4v) is 2.31. The van der Waals surface area contributed by atoms with Gasteiger partial charge in [-0.05, 0) is 36.4 Å². The first-order chi connectivity index (χ1) is 10.1. The molecule has 106 valence electrons. The summed E-state index contributed by atoms with van der Waals surface area (Å²) in [7, 11) is 0. The Labute approximate surface area is 127 Å². The molecule has 0 aliphatic carbocycles. The molecule has 3 aromatic rings. The molecule has 0 aliphatic rings. The van der Waals surface area contributed by atoms with Crippen LogP contribution in [0.25, 0.3) is 11.0 Å². The van der Waals surface area contributed by atoms with E-state index in [1.807, 2.05) is 0 Å². The molecule has 21 heavy (non-hydrogen) atoms. The maximum atomic E-state index is 12.1. The predicted molar refractivity (Wildman–Crippen MR) is 80.1 cm³/mol. The Morgan fingerprint density at radius 1 is 1.24 bits per heavy atom. The van der Waals surface area contributed by atoms with Crippen LogP contribution in [0.5, 0.6) is 0 Å². The molecule has 2 aromatic heterocycles. The molecule has 0 radical (unpaired) electrons. The van der Waals surface area contributed by atoms with E-state index >= 15 is 0 Å². The third kappa shape index (κ3) is 2.90. The maximum absolute atomic E-state index is 12.1. The quantitative estimate of drug-likeness (QED) is 0.739. The number of carbonyl (C=O) groups is 1. The molecule has 0 fully saturated rings. The summed E-state index contributed by atoms with van der Waals surface area (Å²) in [5.41, 5.74) is -0.264. The topological polar surface area (TPSA) is 72.5 Å². The Morgan fingerprint density at radius 2 is 2.10 bits per heavy atom. The zero-order chi connectivity index (χ0) is 14.8. The molecule has 0 saturated carbocycles. The second-order valence-corrected chi connectivity index (χ2v) is 5.31. The SMILES string of the molecule is O=C(NCc1ccco1)c1cc2cc(Br)ccc2oc1=O. The highest BCUT2D eigenvalue weighted by Crippen LogP contribution is 2.19. The van der Waals surface area contributed by atoms with Crippen LogP contribution in [0.15, 0.2) is 60.8 Å². The largest absolute Gasteiger partial charge is 0.467 e. The summed E-state index contributed by atoms with van der Waals surface area (Å²) in [5.74, 6) is 0.110. The fourth-order valence-electron chi connectivity index (χ4n) is 1.93. The van der Waals surface area contributed by atoms with E-state index in [2.05, 4.69) is 21.2 Å². The van der Waals surface area contributed by atoms with Gasteiger partial charge in [-0.2, -0.15) is 0 Å². The van der Waals surface area contributed by atoms with Gasteiger partial charge in [0.15, 0.2) is 0 Å². The van der Waals surface area contributed by atoms with Gasteiger partial charge in [0.05, 0.1) is 12.8 Å². The maximum Gasteiger partial charge on any atom is 0.349 e. The summed E-state index contributed by atoms with van der Waals surface area (Å²) in [6.45, 7) is 0.210. The third-order valence-electron chi connectivity index (χ3n) is 2.94. The van der Waals surface area contributed by atoms with Crippen LogP contribution < -0.4 is 10.9 Å². The number of carbonyl (C=O) groups excluding carboxylic acids is 1. The molecule has 0 spiro atoms. The first-order valence-corrected chi connectivity index (χ1v) is 6.97. The van der Waals surface area contributed by atoms with Crippen molar-refractivity contribution in [3.05, 3.63) is 68.9 Å². The van der Waals surface area contributed by atoms with Crippen molar-refractivity contribution in [2.45, 2.75) is 6.54 Å². The summed E-state index contributed by atoms with van der Waals surface area (Å²) < 4.78 is 11.1. The van der Waals surface area contributed by atoms with E-state index in [0.717, 1.165) is 4.47 Å². The standard InChI is InChI=1S/C15H10BrNO4/c16-10-3-4-13-9(6-10)7-12(15(19)21-13)14(18)17-8-11-2-1-5-20-11/h1-7H,8H2,(H,17,18). The van der Waals surface area contributed by atoms with Crippen molar-refractivity contribution in [2.24, 2.45) is 0 Å². The van der Waals surface area contributed by atoms with Gasteiger partial charge in [-0.1, -0.05) is 15.9 Å². The Balaban J connectivity index is 1.90. The number of fused-ring (bicyclic) bond motifs is 1. The molecular formula is C15H10BrNO4. The van der Waals surface area contributed by atoms with Gasteiger partial charge in [-0.3, -0.25) is 4.79 Å². The normalized spacial score (nSPS) is 10.7. The number of furan rings is 1. The van der Waals surface area contributed by atoms with Crippen molar-refractivity contribution < 1.29 is 13.6 Å². The van der Waals surface area contributed by atoms with Crippen LogP contribution in [0.3, 0.4) is 0 Å². The molecule has 0 atom stereocenters. The molecule has 2 heterocycles. The Bertz CT molecular complexity index is 852. The van der Waals surface area contributed by atoms with Crippen LogP contribution in [-0.2, 0) is 6.54 Å². The van der Waals surface area contributed by atoms with Crippen molar-refractivity contribution in [1.82, 2.24) is 5.32 Å². The summed E-state index contributed by atoms with van der Waals surface area (Å²) >= 11 is 3.34. The number of hydrogen-bond donors (Lipinski definition) is 1. The molecule has 3 rings (SSSR count). The summed E-state index contributed by atoms with van der Waals surface area (Å²) in [6, 6.07) is 10.2. The van der Waals surface area contributed by atoms with E-state index in [0.29, 0.717) is 16.7 Å². The van der Waals surface area contributed by atoms with E-state index < -0.39 is 11.5 Å². The number of amides is 1. The molecule has 0 bridgehead atoms. The van der Waals surface area contributed by atoms with Gasteiger partial charge in [-0.15, -0.1) is 0 Å². The Hall–Kier alpha value is -2.34. The lowest BCUT2D eigenvalue weighted by Gasteiger charge is -2.04. The van der Waals surface area contributed by atoms with E-state index in [1.54, 1.807) is 30.3 Å². The van der Waals surface area contributed by atoms with Crippen molar-refractivity contribution in [2.75, 3.05) is 0 Å². The van der Waals surface area contributed by atoms with Gasteiger partial charge in [-0.25, -0.2) is 4.79 Å². The fraction of sp³-hybridized carbons (Fsp3) is 0.0667. The number of benzene rings is 1. The third-order valence-corrected chi connectivity index (χ3v) is 3.44. The molecule has 0 saturated heterocycles. The second-order valence-electron chi connectivity index (χ2n) is 4.39. The van der Waals surface area contributed by atoms with Gasteiger partial charge in [0, 0.05) is 9.86 Å². The zero-order valence-corrected chi connectivity index (χ0v) is 12.3. The van der Waals surface area contributed by atoms with Gasteiger partial charge in [0.2, 0.25) is 0 Å². The van der Waals surface area contributed by atoms with Crippen molar-refractivity contribution >= 4 is 32.8 Å². The molecule has 6 heteroatoms. The Morgan fingerprint density at radius 3 is 2.86 bits per heavy atom. The minimum absolute atomic E-state index is 0.0350. The monoisotopic (exact) mass is 347 g/mol. The van der Waals surface area contributed by atoms with Crippen molar-refractivity contribution in [3.8, 4) is 0 Å². The molecule has 5 nitrogen and oxygen atoms in total. The molecular weight excluding hydrogens is 338 g/mol. The van der Waals surface area contributed by atoms with Crippen LogP contribution >= 0.6 is 15.9 Å². The Kier molecular flexibility index (Phi) is 3.62. The van der Waals surface area contributed by atoms with Gasteiger partial charge < -0.3 is 14.2 Å². The first-order valence-electron chi connectivity index (χ1n) is 6.17. The molecule has 1 N–H and O–H groups in total. The van der Waals surface area contributed by atoms with Crippen LogP contribution in [0.2, 0.25) is 0 Å². The summed E-state index contributed by atoms with van der Waals surface area (Å²) in [4.78, 5) is 23.9. The average Bonchev–Trinajstić information content (AvgIpc) is 2.98. The summed E-state index contributed by atoms with van der Waals surface area (Å²) in [5, 5.41) is 3.29. The lowest BCUT2D eigenvalue weighted by atomic mass is 10.2. The summed E-state index contributed by atoms with van der Waals surface area (Å²) in [6.07, 6.45) is 1.52. The molecule has 0 aliphatic heterocycles. The van der Waals surface area contributed by atoms with Gasteiger partial charge in [0.1, 0.15) is 16.9 Å². The smallest absolute Gasteiger partial charge is 0.349 e. The van der Waals surface area contributed by atoms with Gasteiger partial charge in [0.25, 0.3) is 5.91 Å². The minimum Gasteiger partial charge on any atom is -0.467 e. The highest BCUT2D eigenvalue weighted by atomic mass is 79.9. The highest BCUT2D eigenvalue weighted by Gasteiger charge is 2.14. The minimum atomic E-state index is -0.665. The van der Waals surface area contributed by atoms with E-state index in [9.17, 15) is 9.59 Å². The molecule has 0 unspecified atom stereocenters. The molecule has 1 amide bonds. The predicted octanol–water partition coefficient (Wildman–Crippen LogP) is 3.08. The van der Waals surface area contributed by atoms with Crippen LogP contribution in [0.4, 0.5) is 0 Å². The number of halogens is 1.